The molecule has 0 spiro atoms. The van der Waals surface area contributed by atoms with Crippen molar-refractivity contribution in [1.29, 1.82) is 0 Å². The first kappa shape index (κ1) is 55.3. The Morgan fingerprint density at radius 2 is 0.966 bits per heavy atom. The Hall–Kier alpha value is -2.71. The van der Waals surface area contributed by atoms with Crippen LogP contribution in [0.25, 0.3) is 0 Å². The van der Waals surface area contributed by atoms with E-state index >= 15 is 0 Å². The summed E-state index contributed by atoms with van der Waals surface area (Å²) in [6.07, 6.45) is 48.8. The smallest absolute Gasteiger partial charge is 0.362 e. The third-order valence-electron chi connectivity index (χ3n) is 10.6. The highest BCUT2D eigenvalue weighted by Gasteiger charge is 2.31. The minimum absolute atomic E-state index is 0.0494. The molecule has 0 saturated heterocycles. The number of ether oxygens (including phenoxy) is 3. The van der Waals surface area contributed by atoms with Crippen LogP contribution < -0.4 is 0 Å². The van der Waals surface area contributed by atoms with Gasteiger partial charge in [0.25, 0.3) is 0 Å². The van der Waals surface area contributed by atoms with Crippen LogP contribution in [0.1, 0.15) is 200 Å². The van der Waals surface area contributed by atoms with Crippen molar-refractivity contribution in [3.05, 3.63) is 48.6 Å². The molecule has 0 aromatic carbocycles. The Morgan fingerprint density at radius 3 is 1.43 bits per heavy atom. The first-order chi connectivity index (χ1) is 28.1. The highest BCUT2D eigenvalue weighted by Crippen LogP contribution is 2.16. The second-order valence-corrected chi connectivity index (χ2v) is 17.1. The SMILES string of the molecule is CC/C=C/C=C/C=C/C=C/CCCCCC(=O)OCC(COCCC(C(=O)O)[N+](C)(C)C)OC(=O)CCCCCCCCCCCCCCCCCCCCCCC. The summed E-state index contributed by atoms with van der Waals surface area (Å²) < 4.78 is 17.3. The average molecular weight is 817 g/mol. The number of unbranched alkanes of at least 4 members (excludes halogenated alkanes) is 23. The molecule has 0 radical (unpaired) electrons. The van der Waals surface area contributed by atoms with Crippen LogP contribution in [-0.4, -0.2) is 80.6 Å². The van der Waals surface area contributed by atoms with Crippen molar-refractivity contribution >= 4 is 17.9 Å². The van der Waals surface area contributed by atoms with Crippen LogP contribution >= 0.6 is 0 Å². The average Bonchev–Trinajstić information content (AvgIpc) is 3.18. The van der Waals surface area contributed by atoms with Gasteiger partial charge in [-0.15, -0.1) is 0 Å². The van der Waals surface area contributed by atoms with Crippen LogP contribution in [0.3, 0.4) is 0 Å². The third kappa shape index (κ3) is 38.8. The number of nitrogens with zero attached hydrogens (tertiary/aromatic N) is 1. The molecule has 336 valence electrons. The van der Waals surface area contributed by atoms with Crippen molar-refractivity contribution in [3.63, 3.8) is 0 Å². The number of likely N-dealkylation sites (N-methyl/N-ethyl adjacent to an activating group) is 1. The summed E-state index contributed by atoms with van der Waals surface area (Å²) in [4.78, 5) is 37.0. The number of aliphatic carboxylic acids is 1. The molecule has 0 rings (SSSR count). The fraction of sp³-hybridized carbons (Fsp3) is 0.780. The van der Waals surface area contributed by atoms with Gasteiger partial charge in [-0.05, 0) is 32.1 Å². The number of esters is 2. The second kappa shape index (κ2) is 41.0. The maximum absolute atomic E-state index is 12.8. The number of carbonyl (C=O) groups is 3. The van der Waals surface area contributed by atoms with Gasteiger partial charge in [-0.3, -0.25) is 9.59 Å². The lowest BCUT2D eigenvalue weighted by atomic mass is 10.0. The summed E-state index contributed by atoms with van der Waals surface area (Å²) >= 11 is 0. The molecule has 0 aliphatic rings. The van der Waals surface area contributed by atoms with Crippen LogP contribution in [0, 0.1) is 0 Å². The van der Waals surface area contributed by atoms with Crippen LogP contribution in [0.5, 0.6) is 0 Å². The fourth-order valence-electron chi connectivity index (χ4n) is 6.93. The van der Waals surface area contributed by atoms with Crippen molar-refractivity contribution in [1.82, 2.24) is 0 Å². The van der Waals surface area contributed by atoms with Crippen molar-refractivity contribution in [2.45, 2.75) is 212 Å². The standard InChI is InChI=1S/C50H89NO7/c1-6-8-10-12-14-16-18-20-21-22-23-24-25-26-27-29-31-33-35-37-39-41-49(53)58-46(44-56-43-42-47(50(54)55)51(3,4)5)45-57-48(52)40-38-36-34-32-30-28-19-17-15-13-11-9-7-2/h9,11,13,15,17,19,28,30,46-47H,6-8,10,12,14,16,18,20-27,29,31-45H2,1-5H3/p+1/b11-9+,15-13+,19-17+,30-28+. The molecule has 0 heterocycles. The van der Waals surface area contributed by atoms with Crippen LogP contribution in [0.15, 0.2) is 48.6 Å². The van der Waals surface area contributed by atoms with E-state index in [1.807, 2.05) is 57.6 Å². The van der Waals surface area contributed by atoms with Gasteiger partial charge in [-0.2, -0.15) is 0 Å². The van der Waals surface area contributed by atoms with Gasteiger partial charge >= 0.3 is 17.9 Å². The minimum Gasteiger partial charge on any atom is -0.477 e. The van der Waals surface area contributed by atoms with E-state index in [1.54, 1.807) is 0 Å². The number of quaternary nitrogens is 1. The lowest BCUT2D eigenvalue weighted by Gasteiger charge is -2.31. The predicted octanol–water partition coefficient (Wildman–Crippen LogP) is 13.2. The van der Waals surface area contributed by atoms with Gasteiger partial charge in [0.1, 0.15) is 6.61 Å². The van der Waals surface area contributed by atoms with E-state index in [1.165, 1.54) is 116 Å². The largest absolute Gasteiger partial charge is 0.477 e. The van der Waals surface area contributed by atoms with E-state index in [0.29, 0.717) is 19.3 Å². The van der Waals surface area contributed by atoms with E-state index in [4.69, 9.17) is 14.2 Å². The van der Waals surface area contributed by atoms with E-state index in [-0.39, 0.29) is 36.2 Å². The second-order valence-electron chi connectivity index (χ2n) is 17.1. The van der Waals surface area contributed by atoms with Crippen LogP contribution in [-0.2, 0) is 28.6 Å². The number of carboxylic acid groups (broad SMARTS) is 1. The van der Waals surface area contributed by atoms with Gasteiger partial charge in [0.15, 0.2) is 12.1 Å². The summed E-state index contributed by atoms with van der Waals surface area (Å²) in [7, 11) is 5.52. The Morgan fingerprint density at radius 1 is 0.534 bits per heavy atom. The summed E-state index contributed by atoms with van der Waals surface area (Å²) in [6, 6.07) is -0.620. The van der Waals surface area contributed by atoms with Crippen LogP contribution in [0.2, 0.25) is 0 Å². The topological polar surface area (TPSA) is 99.1 Å². The molecule has 0 fully saturated rings. The Bertz CT molecular complexity index is 1090. The Labute approximate surface area is 356 Å². The maximum atomic E-state index is 12.8. The molecule has 0 amide bonds. The highest BCUT2D eigenvalue weighted by atomic mass is 16.6. The molecule has 58 heavy (non-hydrogen) atoms. The molecular formula is C50H90NO7+. The first-order valence-electron chi connectivity index (χ1n) is 23.7. The molecule has 0 aliphatic heterocycles. The molecule has 8 heteroatoms. The van der Waals surface area contributed by atoms with E-state index < -0.39 is 18.1 Å². The zero-order valence-corrected chi connectivity index (χ0v) is 38.2. The third-order valence-corrected chi connectivity index (χ3v) is 10.6. The van der Waals surface area contributed by atoms with Gasteiger partial charge in [-0.1, -0.05) is 197 Å². The molecule has 2 unspecified atom stereocenters. The van der Waals surface area contributed by atoms with Gasteiger partial charge in [-0.25, -0.2) is 4.79 Å². The Balaban J connectivity index is 4.27. The van der Waals surface area contributed by atoms with E-state index in [2.05, 4.69) is 26.0 Å². The first-order valence-corrected chi connectivity index (χ1v) is 23.7. The number of rotatable bonds is 42. The summed E-state index contributed by atoms with van der Waals surface area (Å²) in [5.74, 6) is -1.51. The molecule has 0 aromatic heterocycles. The molecule has 2 atom stereocenters. The maximum Gasteiger partial charge on any atom is 0.362 e. The zero-order valence-electron chi connectivity index (χ0n) is 38.2. The van der Waals surface area contributed by atoms with Gasteiger partial charge < -0.3 is 23.8 Å². The molecule has 0 saturated carbocycles. The molecule has 8 nitrogen and oxygen atoms in total. The lowest BCUT2D eigenvalue weighted by molar-refractivity contribution is -0.887. The van der Waals surface area contributed by atoms with E-state index in [0.717, 1.165) is 51.4 Å². The van der Waals surface area contributed by atoms with Crippen molar-refractivity contribution in [3.8, 4) is 0 Å². The van der Waals surface area contributed by atoms with Gasteiger partial charge in [0, 0.05) is 19.3 Å². The predicted molar refractivity (Wildman–Crippen MR) is 243 cm³/mol. The summed E-state index contributed by atoms with van der Waals surface area (Å²) in [5, 5.41) is 9.63. The summed E-state index contributed by atoms with van der Waals surface area (Å²) in [5.41, 5.74) is 0. The van der Waals surface area contributed by atoms with Crippen molar-refractivity contribution < 1.29 is 38.2 Å². The molecule has 0 aromatic rings. The molecule has 0 aliphatic carbocycles. The number of hydrogen-bond donors (Lipinski definition) is 1. The van der Waals surface area contributed by atoms with E-state index in [9.17, 15) is 19.5 Å². The van der Waals surface area contributed by atoms with Crippen LogP contribution in [0.4, 0.5) is 0 Å². The quantitative estimate of drug-likeness (QED) is 0.0283. The fourth-order valence-corrected chi connectivity index (χ4v) is 6.93. The Kier molecular flexibility index (Phi) is 39.1. The van der Waals surface area contributed by atoms with Gasteiger partial charge in [0.05, 0.1) is 34.4 Å². The number of carboxylic acids is 1. The zero-order chi connectivity index (χ0) is 42.8. The molecule has 1 N–H and O–H groups in total. The monoisotopic (exact) mass is 817 g/mol. The lowest BCUT2D eigenvalue weighted by Crippen LogP contribution is -2.50. The normalized spacial score (nSPS) is 13.3. The van der Waals surface area contributed by atoms with Crippen molar-refractivity contribution in [2.75, 3.05) is 41.0 Å². The van der Waals surface area contributed by atoms with Gasteiger partial charge in [0.2, 0.25) is 0 Å². The molecule has 0 bridgehead atoms. The summed E-state index contributed by atoms with van der Waals surface area (Å²) in [6.45, 7) is 4.57. The number of hydrogen-bond acceptors (Lipinski definition) is 6. The van der Waals surface area contributed by atoms with Crippen molar-refractivity contribution in [2.24, 2.45) is 0 Å². The number of carbonyl (C=O) groups excluding carboxylic acids is 2. The molecular weight excluding hydrogens is 727 g/mol. The minimum atomic E-state index is -0.880. The number of allylic oxidation sites excluding steroid dienone is 8. The highest BCUT2D eigenvalue weighted by molar-refractivity contribution is 5.72.